The first kappa shape index (κ1) is 13.3. The standard InChI is InChI=1S/C13H16N4O2/c1-13(8-15)5-6-16(9-13)11-4-2-3-10(7-14)12(11)17(18)19/h2-4H,5-6,8-9,15H2,1H3. The van der Waals surface area contributed by atoms with Crippen molar-refractivity contribution in [2.24, 2.45) is 11.1 Å². The SMILES string of the molecule is CC1(CN)CCN(c2cccc(C#N)c2[N+](=O)[O-])C1. The van der Waals surface area contributed by atoms with Gasteiger partial charge in [0.1, 0.15) is 17.3 Å². The Hall–Kier alpha value is -2.13. The molecule has 1 unspecified atom stereocenters. The lowest BCUT2D eigenvalue weighted by Crippen LogP contribution is -2.31. The second kappa shape index (κ2) is 4.86. The predicted molar refractivity (Wildman–Crippen MR) is 71.8 cm³/mol. The van der Waals surface area contributed by atoms with E-state index < -0.39 is 4.92 Å². The molecule has 1 atom stereocenters. The van der Waals surface area contributed by atoms with Crippen LogP contribution in [0.15, 0.2) is 18.2 Å². The van der Waals surface area contributed by atoms with E-state index >= 15 is 0 Å². The number of nitro groups is 1. The van der Waals surface area contributed by atoms with Crippen molar-refractivity contribution in [3.63, 3.8) is 0 Å². The largest absolute Gasteiger partial charge is 0.365 e. The quantitative estimate of drug-likeness (QED) is 0.658. The molecule has 1 aromatic rings. The summed E-state index contributed by atoms with van der Waals surface area (Å²) in [7, 11) is 0. The number of hydrogen-bond acceptors (Lipinski definition) is 5. The van der Waals surface area contributed by atoms with Gasteiger partial charge in [0, 0.05) is 13.1 Å². The lowest BCUT2D eigenvalue weighted by molar-refractivity contribution is -0.384. The van der Waals surface area contributed by atoms with Gasteiger partial charge in [0.15, 0.2) is 0 Å². The zero-order valence-corrected chi connectivity index (χ0v) is 10.8. The minimum Gasteiger partial charge on any atom is -0.365 e. The molecule has 1 saturated heterocycles. The fraction of sp³-hybridized carbons (Fsp3) is 0.462. The second-order valence-corrected chi connectivity index (χ2v) is 5.23. The minimum absolute atomic E-state index is 0.0173. The summed E-state index contributed by atoms with van der Waals surface area (Å²) in [5.41, 5.74) is 6.24. The molecule has 1 aliphatic rings. The van der Waals surface area contributed by atoms with Gasteiger partial charge in [-0.3, -0.25) is 10.1 Å². The van der Waals surface area contributed by atoms with Crippen LogP contribution in [0, 0.1) is 26.9 Å². The number of para-hydroxylation sites is 1. The molecule has 6 heteroatoms. The fourth-order valence-corrected chi connectivity index (χ4v) is 2.46. The number of nitrogens with two attached hydrogens (primary N) is 1. The zero-order valence-electron chi connectivity index (χ0n) is 10.8. The van der Waals surface area contributed by atoms with Crippen molar-refractivity contribution in [2.75, 3.05) is 24.5 Å². The van der Waals surface area contributed by atoms with E-state index in [0.29, 0.717) is 18.8 Å². The molecule has 0 spiro atoms. The Kier molecular flexibility index (Phi) is 3.40. The van der Waals surface area contributed by atoms with Gasteiger partial charge in [0.25, 0.3) is 0 Å². The molecule has 2 rings (SSSR count). The third-order valence-electron chi connectivity index (χ3n) is 3.71. The maximum Gasteiger partial charge on any atom is 0.310 e. The molecule has 1 aliphatic heterocycles. The highest BCUT2D eigenvalue weighted by Crippen LogP contribution is 2.38. The third-order valence-corrected chi connectivity index (χ3v) is 3.71. The van der Waals surface area contributed by atoms with Gasteiger partial charge in [-0.1, -0.05) is 13.0 Å². The first-order valence-electron chi connectivity index (χ1n) is 6.13. The van der Waals surface area contributed by atoms with E-state index in [1.807, 2.05) is 11.0 Å². The highest BCUT2D eigenvalue weighted by molar-refractivity contribution is 5.70. The van der Waals surface area contributed by atoms with Gasteiger partial charge >= 0.3 is 5.69 Å². The maximum atomic E-state index is 11.2. The van der Waals surface area contributed by atoms with Crippen LogP contribution in [0.2, 0.25) is 0 Å². The normalized spacial score (nSPS) is 22.3. The van der Waals surface area contributed by atoms with E-state index in [9.17, 15) is 10.1 Å². The molecule has 0 amide bonds. The van der Waals surface area contributed by atoms with Crippen LogP contribution in [0.25, 0.3) is 0 Å². The average Bonchev–Trinajstić information content (AvgIpc) is 2.81. The zero-order chi connectivity index (χ0) is 14.0. The first-order chi connectivity index (χ1) is 9.00. The van der Waals surface area contributed by atoms with Crippen LogP contribution < -0.4 is 10.6 Å². The number of nitriles is 1. The van der Waals surface area contributed by atoms with Crippen LogP contribution in [0.3, 0.4) is 0 Å². The predicted octanol–water partition coefficient (Wildman–Crippen LogP) is 1.64. The Morgan fingerprint density at radius 3 is 2.89 bits per heavy atom. The van der Waals surface area contributed by atoms with E-state index in [2.05, 4.69) is 6.92 Å². The molecule has 19 heavy (non-hydrogen) atoms. The van der Waals surface area contributed by atoms with Gasteiger partial charge in [-0.15, -0.1) is 0 Å². The molecule has 1 fully saturated rings. The fourth-order valence-electron chi connectivity index (χ4n) is 2.46. The molecule has 0 bridgehead atoms. The summed E-state index contributed by atoms with van der Waals surface area (Å²) in [6.45, 7) is 4.03. The van der Waals surface area contributed by atoms with Crippen LogP contribution in [0.1, 0.15) is 18.9 Å². The highest BCUT2D eigenvalue weighted by atomic mass is 16.6. The molecular weight excluding hydrogens is 244 g/mol. The van der Waals surface area contributed by atoms with Crippen LogP contribution in [-0.2, 0) is 0 Å². The molecule has 0 aromatic heterocycles. The Labute approximate surface area is 111 Å². The molecule has 2 N–H and O–H groups in total. The van der Waals surface area contributed by atoms with Gasteiger partial charge in [-0.25, -0.2) is 0 Å². The highest BCUT2D eigenvalue weighted by Gasteiger charge is 2.35. The second-order valence-electron chi connectivity index (χ2n) is 5.23. The smallest absolute Gasteiger partial charge is 0.310 e. The van der Waals surface area contributed by atoms with Crippen molar-refractivity contribution >= 4 is 11.4 Å². The number of nitro benzene ring substituents is 1. The van der Waals surface area contributed by atoms with E-state index in [0.717, 1.165) is 13.0 Å². The number of anilines is 1. The summed E-state index contributed by atoms with van der Waals surface area (Å²) in [4.78, 5) is 12.7. The van der Waals surface area contributed by atoms with Gasteiger partial charge in [-0.05, 0) is 30.5 Å². The monoisotopic (exact) mass is 260 g/mol. The Balaban J connectivity index is 2.42. The maximum absolute atomic E-state index is 11.2. The van der Waals surface area contributed by atoms with Gasteiger partial charge < -0.3 is 10.6 Å². The molecule has 0 aliphatic carbocycles. The van der Waals surface area contributed by atoms with E-state index in [4.69, 9.17) is 11.0 Å². The topological polar surface area (TPSA) is 96.2 Å². The molecule has 0 saturated carbocycles. The van der Waals surface area contributed by atoms with Crippen molar-refractivity contribution in [1.82, 2.24) is 0 Å². The van der Waals surface area contributed by atoms with Gasteiger partial charge in [-0.2, -0.15) is 5.26 Å². The average molecular weight is 260 g/mol. The summed E-state index contributed by atoms with van der Waals surface area (Å²) in [5.74, 6) is 0. The lowest BCUT2D eigenvalue weighted by atomic mass is 9.90. The van der Waals surface area contributed by atoms with Crippen molar-refractivity contribution in [3.05, 3.63) is 33.9 Å². The molecule has 6 nitrogen and oxygen atoms in total. The Morgan fingerprint density at radius 1 is 1.63 bits per heavy atom. The summed E-state index contributed by atoms with van der Waals surface area (Å²) in [6, 6.07) is 6.73. The van der Waals surface area contributed by atoms with E-state index in [1.165, 1.54) is 6.07 Å². The minimum atomic E-state index is -0.480. The molecule has 0 radical (unpaired) electrons. The van der Waals surface area contributed by atoms with Crippen molar-refractivity contribution in [3.8, 4) is 6.07 Å². The van der Waals surface area contributed by atoms with Crippen LogP contribution in [0.5, 0.6) is 0 Å². The van der Waals surface area contributed by atoms with Gasteiger partial charge in [0.05, 0.1) is 4.92 Å². The van der Waals surface area contributed by atoms with Crippen molar-refractivity contribution in [1.29, 1.82) is 5.26 Å². The van der Waals surface area contributed by atoms with Crippen molar-refractivity contribution in [2.45, 2.75) is 13.3 Å². The number of benzene rings is 1. The Morgan fingerprint density at radius 2 is 2.37 bits per heavy atom. The molecule has 1 heterocycles. The van der Waals surface area contributed by atoms with E-state index in [-0.39, 0.29) is 16.7 Å². The van der Waals surface area contributed by atoms with Gasteiger partial charge in [0.2, 0.25) is 0 Å². The number of rotatable bonds is 3. The Bertz CT molecular complexity index is 552. The van der Waals surface area contributed by atoms with Crippen molar-refractivity contribution < 1.29 is 4.92 Å². The third kappa shape index (κ3) is 2.37. The molecule has 1 aromatic carbocycles. The number of nitrogens with zero attached hydrogens (tertiary/aromatic N) is 3. The molecule has 100 valence electrons. The lowest BCUT2D eigenvalue weighted by Gasteiger charge is -2.23. The molecular formula is C13H16N4O2. The van der Waals surface area contributed by atoms with Crippen LogP contribution >= 0.6 is 0 Å². The summed E-state index contributed by atoms with van der Waals surface area (Å²) in [5, 5.41) is 20.2. The summed E-state index contributed by atoms with van der Waals surface area (Å²) < 4.78 is 0. The first-order valence-corrected chi connectivity index (χ1v) is 6.13. The summed E-state index contributed by atoms with van der Waals surface area (Å²) in [6.07, 6.45) is 0.900. The number of hydrogen-bond donors (Lipinski definition) is 1. The summed E-state index contributed by atoms with van der Waals surface area (Å²) >= 11 is 0. The van der Waals surface area contributed by atoms with Crippen LogP contribution in [0.4, 0.5) is 11.4 Å². The van der Waals surface area contributed by atoms with Crippen LogP contribution in [-0.4, -0.2) is 24.6 Å². The van der Waals surface area contributed by atoms with E-state index in [1.54, 1.807) is 12.1 Å².